The summed E-state index contributed by atoms with van der Waals surface area (Å²) in [7, 11) is 0. The molecule has 6 rings (SSSR count). The molecule has 1 aliphatic carbocycles. The molecule has 0 radical (unpaired) electrons. The Balaban J connectivity index is 1.59. The van der Waals surface area contributed by atoms with Gasteiger partial charge in [0.2, 0.25) is 0 Å². The van der Waals surface area contributed by atoms with Crippen LogP contribution in [0.4, 0.5) is 5.69 Å². The van der Waals surface area contributed by atoms with Gasteiger partial charge in [0.25, 0.3) is 5.91 Å². The maximum atomic E-state index is 12.9. The third-order valence-corrected chi connectivity index (χ3v) is 7.95. The first-order valence-electron chi connectivity index (χ1n) is 9.71. The van der Waals surface area contributed by atoms with Crippen molar-refractivity contribution >= 4 is 11.6 Å². The molecule has 3 fully saturated rings. The maximum absolute atomic E-state index is 12.9. The molecule has 1 aromatic carbocycles. The number of hydrogen-bond donors (Lipinski definition) is 1. The van der Waals surface area contributed by atoms with Crippen molar-refractivity contribution in [2.75, 3.05) is 24.6 Å². The van der Waals surface area contributed by atoms with Gasteiger partial charge in [-0.25, -0.2) is 0 Å². The molecule has 4 heteroatoms. The summed E-state index contributed by atoms with van der Waals surface area (Å²) >= 11 is 0. The van der Waals surface area contributed by atoms with Crippen molar-refractivity contribution in [3.8, 4) is 0 Å². The fourth-order valence-corrected chi connectivity index (χ4v) is 7.19. The van der Waals surface area contributed by atoms with E-state index in [0.717, 1.165) is 31.6 Å². The summed E-state index contributed by atoms with van der Waals surface area (Å²) in [5.74, 6) is 1.72. The molecule has 1 saturated carbocycles. The number of amides is 1. The highest BCUT2D eigenvalue weighted by Crippen LogP contribution is 2.64. The zero-order chi connectivity index (χ0) is 16.8. The van der Waals surface area contributed by atoms with Gasteiger partial charge < -0.3 is 10.0 Å². The third-order valence-electron chi connectivity index (χ3n) is 7.95. The summed E-state index contributed by atoms with van der Waals surface area (Å²) in [6, 6.07) is 9.47. The van der Waals surface area contributed by atoms with Crippen molar-refractivity contribution in [1.82, 2.24) is 4.90 Å². The second-order valence-electron chi connectivity index (χ2n) is 8.58. The van der Waals surface area contributed by atoms with Crippen LogP contribution >= 0.6 is 0 Å². The van der Waals surface area contributed by atoms with Gasteiger partial charge in [0.15, 0.2) is 0 Å². The molecule has 0 aromatic heterocycles. The molecule has 130 valence electrons. The van der Waals surface area contributed by atoms with Crippen LogP contribution in [0.15, 0.2) is 36.4 Å². The molecule has 4 heterocycles. The molecule has 1 N–H and O–H groups in total. The molecule has 2 saturated heterocycles. The summed E-state index contributed by atoms with van der Waals surface area (Å²) in [6.45, 7) is 2.52. The number of benzene rings is 1. The van der Waals surface area contributed by atoms with Gasteiger partial charge in [-0.15, -0.1) is 0 Å². The quantitative estimate of drug-likeness (QED) is 0.897. The number of anilines is 1. The van der Waals surface area contributed by atoms with Crippen molar-refractivity contribution in [2.45, 2.75) is 36.8 Å². The number of rotatable bonds is 2. The lowest BCUT2D eigenvalue weighted by molar-refractivity contribution is -0.116. The van der Waals surface area contributed by atoms with E-state index in [1.807, 2.05) is 6.08 Å². The van der Waals surface area contributed by atoms with Gasteiger partial charge in [-0.1, -0.05) is 24.3 Å². The highest BCUT2D eigenvalue weighted by atomic mass is 16.3. The average molecular weight is 336 g/mol. The lowest BCUT2D eigenvalue weighted by Gasteiger charge is -2.58. The molecule has 25 heavy (non-hydrogen) atoms. The van der Waals surface area contributed by atoms with E-state index in [9.17, 15) is 9.90 Å². The third kappa shape index (κ3) is 1.55. The Hall–Kier alpha value is -1.65. The number of nitrogens with zero attached hydrogens (tertiary/aromatic N) is 2. The zero-order valence-corrected chi connectivity index (χ0v) is 14.3. The van der Waals surface area contributed by atoms with Crippen LogP contribution in [0.5, 0.6) is 0 Å². The normalized spacial score (nSPS) is 43.3. The van der Waals surface area contributed by atoms with Crippen LogP contribution < -0.4 is 4.90 Å². The standard InChI is InChI=1S/C21H24N2O2/c24-10-7-13-12-22-9-8-21-16-3-1-2-4-17(16)23-19(25)6-5-14(20(21)23)15(13)11-18(21)22/h1-6,13-15,18,20,24H,7-12H2/t13-,14-,15+,18+,20+,21-/m1/s1. The summed E-state index contributed by atoms with van der Waals surface area (Å²) < 4.78 is 0. The predicted molar refractivity (Wildman–Crippen MR) is 95.3 cm³/mol. The first-order chi connectivity index (χ1) is 12.3. The molecular weight excluding hydrogens is 312 g/mol. The van der Waals surface area contributed by atoms with Crippen LogP contribution in [0, 0.1) is 17.8 Å². The van der Waals surface area contributed by atoms with Crippen molar-refractivity contribution in [3.63, 3.8) is 0 Å². The molecule has 6 atom stereocenters. The Bertz CT molecular complexity index is 790. The Morgan fingerprint density at radius 1 is 1.28 bits per heavy atom. The van der Waals surface area contributed by atoms with Crippen molar-refractivity contribution in [3.05, 3.63) is 42.0 Å². The Morgan fingerprint density at radius 2 is 2.16 bits per heavy atom. The van der Waals surface area contributed by atoms with E-state index in [-0.39, 0.29) is 24.0 Å². The van der Waals surface area contributed by atoms with E-state index >= 15 is 0 Å². The van der Waals surface area contributed by atoms with Crippen LogP contribution in [0.3, 0.4) is 0 Å². The number of carbonyl (C=O) groups excluding carboxylic acids is 1. The smallest absolute Gasteiger partial charge is 0.250 e. The van der Waals surface area contributed by atoms with Gasteiger partial charge in [0.1, 0.15) is 0 Å². The lowest BCUT2D eigenvalue weighted by Crippen LogP contribution is -2.66. The Labute approximate surface area is 148 Å². The maximum Gasteiger partial charge on any atom is 0.250 e. The van der Waals surface area contributed by atoms with Gasteiger partial charge >= 0.3 is 0 Å². The van der Waals surface area contributed by atoms with E-state index in [1.54, 1.807) is 0 Å². The van der Waals surface area contributed by atoms with Gasteiger partial charge in [0.05, 0.1) is 6.04 Å². The van der Waals surface area contributed by atoms with Crippen molar-refractivity contribution < 1.29 is 9.90 Å². The van der Waals surface area contributed by atoms with Crippen LogP contribution in [0.2, 0.25) is 0 Å². The van der Waals surface area contributed by atoms with Gasteiger partial charge in [-0.3, -0.25) is 9.69 Å². The van der Waals surface area contributed by atoms with Crippen molar-refractivity contribution in [1.29, 1.82) is 0 Å². The number of para-hydroxylation sites is 1. The molecule has 2 bridgehead atoms. The van der Waals surface area contributed by atoms with Gasteiger partial charge in [0, 0.05) is 36.2 Å². The molecular formula is C21H24N2O2. The number of piperidine rings is 1. The van der Waals surface area contributed by atoms with E-state index < -0.39 is 0 Å². The SMILES string of the molecule is O=C1C=C[C@@H]2[C@H]3C[C@@H]4N(CC[C@@]45c4ccccc4N1[C@@H]25)C[C@H]3CCO. The molecule has 4 aliphatic heterocycles. The summed E-state index contributed by atoms with van der Waals surface area (Å²) in [5, 5.41) is 9.58. The molecule has 1 amide bonds. The average Bonchev–Trinajstić information content (AvgIpc) is 3.17. The highest BCUT2D eigenvalue weighted by molar-refractivity contribution is 6.05. The van der Waals surface area contributed by atoms with Crippen LogP contribution in [0.1, 0.15) is 24.8 Å². The summed E-state index contributed by atoms with van der Waals surface area (Å²) in [4.78, 5) is 17.7. The van der Waals surface area contributed by atoms with Gasteiger partial charge in [-0.2, -0.15) is 0 Å². The van der Waals surface area contributed by atoms with Crippen LogP contribution in [-0.2, 0) is 10.2 Å². The number of fused-ring (bicyclic) bond motifs is 4. The fourth-order valence-electron chi connectivity index (χ4n) is 7.19. The number of aliphatic hydroxyl groups is 1. The second-order valence-corrected chi connectivity index (χ2v) is 8.58. The highest BCUT2D eigenvalue weighted by Gasteiger charge is 2.68. The minimum absolute atomic E-state index is 0.113. The summed E-state index contributed by atoms with van der Waals surface area (Å²) in [6.07, 6.45) is 7.29. The lowest BCUT2D eigenvalue weighted by atomic mass is 9.53. The molecule has 0 unspecified atom stereocenters. The first kappa shape index (κ1) is 14.5. The molecule has 1 spiro atoms. The van der Waals surface area contributed by atoms with E-state index in [2.05, 4.69) is 40.1 Å². The molecule has 5 aliphatic rings. The largest absolute Gasteiger partial charge is 0.396 e. The Kier molecular flexibility index (Phi) is 2.75. The van der Waals surface area contributed by atoms with Crippen molar-refractivity contribution in [2.24, 2.45) is 17.8 Å². The monoisotopic (exact) mass is 336 g/mol. The predicted octanol–water partition coefficient (Wildman–Crippen LogP) is 1.93. The van der Waals surface area contributed by atoms with Crippen LogP contribution in [0.25, 0.3) is 0 Å². The summed E-state index contributed by atoms with van der Waals surface area (Å²) in [5.41, 5.74) is 2.68. The number of aliphatic hydroxyl groups excluding tert-OH is 1. The Morgan fingerprint density at radius 3 is 3.04 bits per heavy atom. The van der Waals surface area contributed by atoms with E-state index in [0.29, 0.717) is 23.8 Å². The topological polar surface area (TPSA) is 43.8 Å². The second kappa shape index (κ2) is 4.74. The van der Waals surface area contributed by atoms with Crippen LogP contribution in [-0.4, -0.2) is 47.7 Å². The minimum atomic E-state index is 0.113. The van der Waals surface area contributed by atoms with Gasteiger partial charge in [-0.05, 0) is 55.3 Å². The first-order valence-corrected chi connectivity index (χ1v) is 9.71. The molecule has 1 aromatic rings. The number of carbonyl (C=O) groups is 1. The zero-order valence-electron chi connectivity index (χ0n) is 14.3. The minimum Gasteiger partial charge on any atom is -0.396 e. The van der Waals surface area contributed by atoms with E-state index in [1.165, 1.54) is 12.0 Å². The number of hydrogen-bond acceptors (Lipinski definition) is 3. The fraction of sp³-hybridized carbons (Fsp3) is 0.571. The molecule has 4 nitrogen and oxygen atoms in total. The van der Waals surface area contributed by atoms with E-state index in [4.69, 9.17) is 0 Å².